The molecule has 35 heavy (non-hydrogen) atoms. The van der Waals surface area contributed by atoms with Crippen LogP contribution in [0.25, 0.3) is 11.1 Å². The first-order valence-electron chi connectivity index (χ1n) is 11.4. The van der Waals surface area contributed by atoms with Crippen molar-refractivity contribution in [2.24, 2.45) is 0 Å². The molecule has 2 amide bonds. The van der Waals surface area contributed by atoms with E-state index in [9.17, 15) is 14.4 Å². The molecular weight excluding hydrogens is 444 g/mol. The molecule has 7 nitrogen and oxygen atoms in total. The van der Waals surface area contributed by atoms with Gasteiger partial charge in [0.2, 0.25) is 0 Å². The number of fused-ring (bicyclic) bond motifs is 3. The van der Waals surface area contributed by atoms with Crippen LogP contribution in [0.3, 0.4) is 0 Å². The van der Waals surface area contributed by atoms with E-state index in [1.807, 2.05) is 30.3 Å². The van der Waals surface area contributed by atoms with E-state index in [-0.39, 0.29) is 37.9 Å². The number of carboxylic acids is 1. The van der Waals surface area contributed by atoms with Gasteiger partial charge in [-0.15, -0.1) is 0 Å². The third kappa shape index (κ3) is 5.76. The number of nitrogens with zero attached hydrogens (tertiary/aromatic N) is 1. The van der Waals surface area contributed by atoms with Gasteiger partial charge in [0.05, 0.1) is 6.42 Å². The maximum Gasteiger partial charge on any atom is 0.407 e. The minimum Gasteiger partial charge on any atom is -0.481 e. The Hall–Kier alpha value is -4.39. The number of carbonyl (C=O) groups is 3. The highest BCUT2D eigenvalue weighted by atomic mass is 16.5. The van der Waals surface area contributed by atoms with Crippen LogP contribution in [0.4, 0.5) is 10.5 Å². The van der Waals surface area contributed by atoms with Crippen molar-refractivity contribution < 1.29 is 24.2 Å². The minimum atomic E-state index is -0.986. The highest BCUT2D eigenvalue weighted by molar-refractivity contribution is 6.01. The molecule has 2 N–H and O–H groups in total. The average molecular weight is 471 g/mol. The molecule has 7 heteroatoms. The Morgan fingerprint density at radius 1 is 0.886 bits per heavy atom. The van der Waals surface area contributed by atoms with Crippen molar-refractivity contribution in [3.05, 3.63) is 102 Å². The van der Waals surface area contributed by atoms with Crippen LogP contribution >= 0.6 is 0 Å². The molecule has 3 aromatic rings. The van der Waals surface area contributed by atoms with E-state index in [2.05, 4.69) is 29.6 Å². The molecule has 0 heterocycles. The number of benzene rings is 3. The number of nitrogens with one attached hydrogen (secondary N) is 1. The first-order chi connectivity index (χ1) is 17.0. The molecule has 0 bridgehead atoms. The van der Waals surface area contributed by atoms with Crippen LogP contribution in [0.15, 0.2) is 91.0 Å². The summed E-state index contributed by atoms with van der Waals surface area (Å²) in [5, 5.41) is 11.6. The number of rotatable bonds is 9. The highest BCUT2D eigenvalue weighted by Crippen LogP contribution is 2.44. The Bertz CT molecular complexity index is 1190. The number of para-hydroxylation sites is 1. The highest BCUT2D eigenvalue weighted by Gasteiger charge is 2.28. The number of carbonyl (C=O) groups excluding carboxylic acids is 2. The molecule has 0 atom stereocenters. The maximum absolute atomic E-state index is 12.6. The van der Waals surface area contributed by atoms with E-state index in [1.165, 1.54) is 17.1 Å². The Morgan fingerprint density at radius 2 is 1.49 bits per heavy atom. The van der Waals surface area contributed by atoms with E-state index in [0.29, 0.717) is 5.69 Å². The van der Waals surface area contributed by atoms with Gasteiger partial charge in [-0.25, -0.2) is 4.79 Å². The van der Waals surface area contributed by atoms with Crippen LogP contribution in [-0.2, 0) is 14.3 Å². The Morgan fingerprint density at radius 3 is 2.11 bits per heavy atom. The predicted octanol–water partition coefficient (Wildman–Crippen LogP) is 4.59. The van der Waals surface area contributed by atoms with Gasteiger partial charge in [0.15, 0.2) is 0 Å². The quantitative estimate of drug-likeness (QED) is 0.446. The fraction of sp³-hybridized carbons (Fsp3) is 0.179. The molecule has 3 aromatic carbocycles. The van der Waals surface area contributed by atoms with Crippen molar-refractivity contribution in [3.63, 3.8) is 0 Å². The van der Waals surface area contributed by atoms with E-state index >= 15 is 0 Å². The lowest BCUT2D eigenvalue weighted by Crippen LogP contribution is -2.32. The second kappa shape index (κ2) is 11.2. The molecule has 4 rings (SSSR count). The Labute approximate surface area is 203 Å². The van der Waals surface area contributed by atoms with Crippen LogP contribution in [0.1, 0.15) is 23.5 Å². The third-order valence-corrected chi connectivity index (χ3v) is 5.85. The lowest BCUT2D eigenvalue weighted by atomic mass is 9.98. The van der Waals surface area contributed by atoms with Crippen molar-refractivity contribution in [3.8, 4) is 11.1 Å². The molecule has 0 unspecified atom stereocenters. The zero-order chi connectivity index (χ0) is 24.6. The number of aliphatic carboxylic acids is 1. The zero-order valence-corrected chi connectivity index (χ0v) is 19.1. The van der Waals surface area contributed by atoms with E-state index < -0.39 is 12.1 Å². The van der Waals surface area contributed by atoms with Crippen molar-refractivity contribution in [1.82, 2.24) is 5.32 Å². The molecular formula is C28H26N2O5. The second-order valence-corrected chi connectivity index (χ2v) is 8.08. The van der Waals surface area contributed by atoms with Crippen molar-refractivity contribution >= 4 is 23.7 Å². The zero-order valence-electron chi connectivity index (χ0n) is 19.1. The molecule has 0 aromatic heterocycles. The number of ether oxygens (including phenoxy) is 1. The smallest absolute Gasteiger partial charge is 0.407 e. The van der Waals surface area contributed by atoms with Gasteiger partial charge in [-0.3, -0.25) is 9.59 Å². The molecule has 0 spiro atoms. The molecule has 0 saturated carbocycles. The normalized spacial score (nSPS) is 12.1. The van der Waals surface area contributed by atoms with Crippen LogP contribution in [0.5, 0.6) is 0 Å². The molecule has 0 aliphatic heterocycles. The third-order valence-electron chi connectivity index (χ3n) is 5.85. The van der Waals surface area contributed by atoms with Crippen LogP contribution in [0, 0.1) is 0 Å². The average Bonchev–Trinajstić information content (AvgIpc) is 3.19. The van der Waals surface area contributed by atoms with Gasteiger partial charge in [-0.05, 0) is 34.4 Å². The summed E-state index contributed by atoms with van der Waals surface area (Å²) in [6.45, 7) is 0.353. The SMILES string of the molecule is O=C(O)CCN(C(=O)/C=C/CNC(=O)OCC1c2ccccc2-c2ccccc21)c1ccccc1. The molecule has 1 aliphatic rings. The van der Waals surface area contributed by atoms with Gasteiger partial charge >= 0.3 is 12.1 Å². The predicted molar refractivity (Wildman–Crippen MR) is 133 cm³/mol. The summed E-state index contributed by atoms with van der Waals surface area (Å²) in [5.41, 5.74) is 5.19. The molecule has 0 saturated heterocycles. The van der Waals surface area contributed by atoms with Gasteiger partial charge in [0, 0.05) is 30.8 Å². The summed E-state index contributed by atoms with van der Waals surface area (Å²) in [7, 11) is 0. The lowest BCUT2D eigenvalue weighted by molar-refractivity contribution is -0.136. The Kier molecular flexibility index (Phi) is 7.57. The molecule has 0 fully saturated rings. The van der Waals surface area contributed by atoms with Crippen LogP contribution in [0.2, 0.25) is 0 Å². The first-order valence-corrected chi connectivity index (χ1v) is 11.4. The number of hydrogen-bond donors (Lipinski definition) is 2. The summed E-state index contributed by atoms with van der Waals surface area (Å²) in [4.78, 5) is 37.3. The number of anilines is 1. The number of amides is 2. The largest absolute Gasteiger partial charge is 0.481 e. The van der Waals surface area contributed by atoms with Crippen molar-refractivity contribution in [2.45, 2.75) is 12.3 Å². The van der Waals surface area contributed by atoms with Gasteiger partial charge in [-0.1, -0.05) is 72.8 Å². The molecule has 1 aliphatic carbocycles. The summed E-state index contributed by atoms with van der Waals surface area (Å²) >= 11 is 0. The topological polar surface area (TPSA) is 95.9 Å². The van der Waals surface area contributed by atoms with Gasteiger partial charge in [0.25, 0.3) is 5.91 Å². The van der Waals surface area contributed by atoms with Crippen LogP contribution < -0.4 is 10.2 Å². The maximum atomic E-state index is 12.6. The van der Waals surface area contributed by atoms with Gasteiger partial charge in [-0.2, -0.15) is 0 Å². The summed E-state index contributed by atoms with van der Waals surface area (Å²) in [5.74, 6) is -1.38. The molecule has 0 radical (unpaired) electrons. The van der Waals surface area contributed by atoms with Crippen molar-refractivity contribution in [2.75, 3.05) is 24.6 Å². The lowest BCUT2D eigenvalue weighted by Gasteiger charge is -2.20. The van der Waals surface area contributed by atoms with E-state index in [1.54, 1.807) is 24.3 Å². The number of alkyl carbamates (subject to hydrolysis) is 1. The second-order valence-electron chi connectivity index (χ2n) is 8.08. The number of hydrogen-bond acceptors (Lipinski definition) is 4. The summed E-state index contributed by atoms with van der Waals surface area (Å²) in [6.07, 6.45) is 2.08. The minimum absolute atomic E-state index is 0.0288. The Balaban J connectivity index is 1.30. The first kappa shape index (κ1) is 23.8. The van der Waals surface area contributed by atoms with Crippen molar-refractivity contribution in [1.29, 1.82) is 0 Å². The van der Waals surface area contributed by atoms with E-state index in [4.69, 9.17) is 9.84 Å². The summed E-state index contributed by atoms with van der Waals surface area (Å²) in [6, 6.07) is 25.1. The monoisotopic (exact) mass is 470 g/mol. The fourth-order valence-corrected chi connectivity index (χ4v) is 4.22. The molecule has 178 valence electrons. The van der Waals surface area contributed by atoms with E-state index in [0.717, 1.165) is 22.3 Å². The van der Waals surface area contributed by atoms with Gasteiger partial charge < -0.3 is 20.1 Å². The van der Waals surface area contributed by atoms with Crippen LogP contribution in [-0.4, -0.2) is 42.8 Å². The van der Waals surface area contributed by atoms with Gasteiger partial charge in [0.1, 0.15) is 6.61 Å². The fourth-order valence-electron chi connectivity index (χ4n) is 4.22. The summed E-state index contributed by atoms with van der Waals surface area (Å²) < 4.78 is 5.48. The number of carboxylic acid groups (broad SMARTS) is 1. The standard InChI is InChI=1S/C28H26N2O5/c31-26(30(18-16-27(32)33)20-9-2-1-3-10-20)15-8-17-29-28(34)35-19-25-23-13-6-4-11-21(23)22-12-5-7-14-24(22)25/h1-15,25H,16-19H2,(H,29,34)(H,32,33)/b15-8+.